The summed E-state index contributed by atoms with van der Waals surface area (Å²) < 4.78 is 0. The third kappa shape index (κ3) is 3.95. The fraction of sp³-hybridized carbons (Fsp3) is 0.125. The Morgan fingerprint density at radius 3 is 2.35 bits per heavy atom. The molecule has 0 saturated heterocycles. The van der Waals surface area contributed by atoms with Gasteiger partial charge in [-0.2, -0.15) is 0 Å². The highest BCUT2D eigenvalue weighted by molar-refractivity contribution is 5.90. The summed E-state index contributed by atoms with van der Waals surface area (Å²) in [4.78, 5) is 4.01. The predicted molar refractivity (Wildman–Crippen MR) is 82.2 cm³/mol. The number of allylic oxidation sites excluding steroid dienone is 1. The van der Waals surface area contributed by atoms with Crippen LogP contribution in [0.1, 0.15) is 12.5 Å². The average molecular weight is 266 g/mol. The summed E-state index contributed by atoms with van der Waals surface area (Å²) >= 11 is 0. The van der Waals surface area contributed by atoms with E-state index in [9.17, 15) is 0 Å². The molecule has 0 aliphatic carbocycles. The van der Waals surface area contributed by atoms with Crippen LogP contribution in [0.5, 0.6) is 0 Å². The Balaban J connectivity index is 2.01. The van der Waals surface area contributed by atoms with E-state index in [0.29, 0.717) is 18.1 Å². The van der Waals surface area contributed by atoms with Crippen LogP contribution in [0.15, 0.2) is 60.7 Å². The predicted octanol–water partition coefficient (Wildman–Crippen LogP) is 2.68. The van der Waals surface area contributed by atoms with Gasteiger partial charge in [-0.15, -0.1) is 0 Å². The summed E-state index contributed by atoms with van der Waals surface area (Å²) in [6, 6.07) is 12.3. The molecule has 0 amide bonds. The first kappa shape index (κ1) is 13.8. The largest absolute Gasteiger partial charge is 0.385 e. The third-order valence-corrected chi connectivity index (χ3v) is 2.84. The first-order chi connectivity index (χ1) is 9.65. The lowest BCUT2D eigenvalue weighted by molar-refractivity contribution is 0.801. The van der Waals surface area contributed by atoms with Crippen molar-refractivity contribution >= 4 is 5.71 Å². The van der Waals surface area contributed by atoms with E-state index in [-0.39, 0.29) is 0 Å². The van der Waals surface area contributed by atoms with Gasteiger partial charge in [-0.3, -0.25) is 4.98 Å². The van der Waals surface area contributed by atoms with Gasteiger partial charge in [0.05, 0.1) is 5.82 Å². The number of benzene rings is 1. The summed E-state index contributed by atoms with van der Waals surface area (Å²) in [6.07, 6.45) is 5.18. The van der Waals surface area contributed by atoms with E-state index in [0.717, 1.165) is 16.7 Å². The molecule has 2 aromatic rings. The van der Waals surface area contributed by atoms with Crippen LogP contribution in [0.2, 0.25) is 0 Å². The highest BCUT2D eigenvalue weighted by Crippen LogP contribution is 2.18. The van der Waals surface area contributed by atoms with Gasteiger partial charge in [0.1, 0.15) is 0 Å². The molecule has 4 nitrogen and oxygen atoms in total. The molecule has 102 valence electrons. The van der Waals surface area contributed by atoms with E-state index >= 15 is 0 Å². The van der Waals surface area contributed by atoms with Crippen molar-refractivity contribution in [1.82, 2.24) is 10.3 Å². The SMILES string of the molecule is CC(=N)/C=C(/N)NCc1ccc(-c2ccncc2)cc1. The zero-order valence-corrected chi connectivity index (χ0v) is 11.4. The molecular weight excluding hydrogens is 248 g/mol. The number of hydrogen-bond donors (Lipinski definition) is 3. The van der Waals surface area contributed by atoms with Gasteiger partial charge in [-0.25, -0.2) is 0 Å². The van der Waals surface area contributed by atoms with Gasteiger partial charge in [-0.05, 0) is 41.8 Å². The topological polar surface area (TPSA) is 74.8 Å². The van der Waals surface area contributed by atoms with Crippen molar-refractivity contribution in [2.75, 3.05) is 0 Å². The lowest BCUT2D eigenvalue weighted by Gasteiger charge is -2.07. The number of hydrogen-bond acceptors (Lipinski definition) is 4. The van der Waals surface area contributed by atoms with E-state index in [1.54, 1.807) is 25.4 Å². The van der Waals surface area contributed by atoms with Crippen LogP contribution in [0.4, 0.5) is 0 Å². The van der Waals surface area contributed by atoms with Crippen molar-refractivity contribution in [1.29, 1.82) is 5.41 Å². The van der Waals surface area contributed by atoms with Crippen molar-refractivity contribution in [2.45, 2.75) is 13.5 Å². The molecule has 0 unspecified atom stereocenters. The summed E-state index contributed by atoms with van der Waals surface area (Å²) in [6.45, 7) is 2.34. The molecule has 0 aliphatic heterocycles. The van der Waals surface area contributed by atoms with Gasteiger partial charge in [0.25, 0.3) is 0 Å². The van der Waals surface area contributed by atoms with Crippen molar-refractivity contribution in [3.8, 4) is 11.1 Å². The molecule has 1 heterocycles. The molecule has 0 saturated carbocycles. The summed E-state index contributed by atoms with van der Waals surface area (Å²) in [5, 5.41) is 10.4. The molecule has 4 heteroatoms. The van der Waals surface area contributed by atoms with Gasteiger partial charge < -0.3 is 16.5 Å². The van der Waals surface area contributed by atoms with Crippen LogP contribution in [-0.2, 0) is 6.54 Å². The summed E-state index contributed by atoms with van der Waals surface area (Å²) in [7, 11) is 0. The van der Waals surface area contributed by atoms with Crippen LogP contribution in [0.25, 0.3) is 11.1 Å². The highest BCUT2D eigenvalue weighted by atomic mass is 15.0. The maximum absolute atomic E-state index is 7.33. The molecule has 20 heavy (non-hydrogen) atoms. The van der Waals surface area contributed by atoms with Crippen molar-refractivity contribution in [2.24, 2.45) is 5.73 Å². The van der Waals surface area contributed by atoms with Crippen LogP contribution in [0.3, 0.4) is 0 Å². The van der Waals surface area contributed by atoms with E-state index in [2.05, 4.69) is 34.6 Å². The minimum atomic E-state index is 0.433. The maximum atomic E-state index is 7.33. The number of nitrogens with zero attached hydrogens (tertiary/aromatic N) is 1. The Labute approximate surface area is 118 Å². The van der Waals surface area contributed by atoms with E-state index in [1.807, 2.05) is 12.1 Å². The molecule has 0 atom stereocenters. The molecular formula is C16H18N4. The van der Waals surface area contributed by atoms with Crippen molar-refractivity contribution in [3.05, 3.63) is 66.3 Å². The number of aromatic nitrogens is 1. The number of pyridine rings is 1. The maximum Gasteiger partial charge on any atom is 0.0980 e. The average Bonchev–Trinajstić information content (AvgIpc) is 2.46. The highest BCUT2D eigenvalue weighted by Gasteiger charge is 1.98. The van der Waals surface area contributed by atoms with Gasteiger partial charge in [-0.1, -0.05) is 24.3 Å². The molecule has 1 aromatic carbocycles. The standard InChI is InChI=1S/C16H18N4/c1-12(17)10-16(18)20-11-13-2-4-14(5-3-13)15-6-8-19-9-7-15/h2-10,17,20H,11,18H2,1H3/b16-10-,17-12?. The summed E-state index contributed by atoms with van der Waals surface area (Å²) in [5.74, 6) is 0.510. The normalized spacial score (nSPS) is 11.2. The molecule has 0 radical (unpaired) electrons. The smallest absolute Gasteiger partial charge is 0.0980 e. The van der Waals surface area contributed by atoms with Gasteiger partial charge in [0.2, 0.25) is 0 Å². The van der Waals surface area contributed by atoms with E-state index in [1.165, 1.54) is 0 Å². The lowest BCUT2D eigenvalue weighted by Crippen LogP contribution is -2.20. The first-order valence-electron chi connectivity index (χ1n) is 6.40. The van der Waals surface area contributed by atoms with E-state index in [4.69, 9.17) is 11.1 Å². The van der Waals surface area contributed by atoms with E-state index < -0.39 is 0 Å². The second kappa shape index (κ2) is 6.52. The van der Waals surface area contributed by atoms with Gasteiger partial charge >= 0.3 is 0 Å². The molecule has 0 fully saturated rings. The van der Waals surface area contributed by atoms with Gasteiger partial charge in [0, 0.05) is 24.7 Å². The third-order valence-electron chi connectivity index (χ3n) is 2.84. The zero-order valence-electron chi connectivity index (χ0n) is 11.4. The number of rotatable bonds is 5. The monoisotopic (exact) mass is 266 g/mol. The van der Waals surface area contributed by atoms with Crippen LogP contribution < -0.4 is 11.1 Å². The van der Waals surface area contributed by atoms with Gasteiger partial charge in [0.15, 0.2) is 0 Å². The minimum absolute atomic E-state index is 0.433. The molecule has 0 aliphatic rings. The fourth-order valence-corrected chi connectivity index (χ4v) is 1.85. The van der Waals surface area contributed by atoms with Crippen molar-refractivity contribution < 1.29 is 0 Å². The van der Waals surface area contributed by atoms with Crippen LogP contribution in [0, 0.1) is 5.41 Å². The minimum Gasteiger partial charge on any atom is -0.385 e. The quantitative estimate of drug-likeness (QED) is 0.728. The molecule has 0 bridgehead atoms. The Morgan fingerprint density at radius 2 is 1.75 bits per heavy atom. The fourth-order valence-electron chi connectivity index (χ4n) is 1.85. The molecule has 4 N–H and O–H groups in total. The molecule has 1 aromatic heterocycles. The Kier molecular flexibility index (Phi) is 4.50. The number of nitrogens with two attached hydrogens (primary N) is 1. The van der Waals surface area contributed by atoms with Crippen molar-refractivity contribution in [3.63, 3.8) is 0 Å². The Bertz CT molecular complexity index is 600. The zero-order chi connectivity index (χ0) is 14.4. The Hall–Kier alpha value is -2.62. The molecule has 0 spiro atoms. The van der Waals surface area contributed by atoms with Crippen LogP contribution >= 0.6 is 0 Å². The molecule has 2 rings (SSSR count). The second-order valence-electron chi connectivity index (χ2n) is 4.57. The second-order valence-corrected chi connectivity index (χ2v) is 4.57. The summed E-state index contributed by atoms with van der Waals surface area (Å²) in [5.41, 5.74) is 9.63. The Morgan fingerprint density at radius 1 is 1.15 bits per heavy atom. The first-order valence-corrected chi connectivity index (χ1v) is 6.40. The lowest BCUT2D eigenvalue weighted by atomic mass is 10.1. The number of nitrogens with one attached hydrogen (secondary N) is 2. The van der Waals surface area contributed by atoms with Crippen LogP contribution in [-0.4, -0.2) is 10.7 Å².